The fourth-order valence-corrected chi connectivity index (χ4v) is 3.64. The number of anilines is 1. The Labute approximate surface area is 134 Å². The van der Waals surface area contributed by atoms with Crippen LogP contribution >= 0.6 is 22.9 Å². The Morgan fingerprint density at radius 3 is 2.62 bits per heavy atom. The van der Waals surface area contributed by atoms with Gasteiger partial charge in [0.25, 0.3) is 0 Å². The van der Waals surface area contributed by atoms with Crippen molar-refractivity contribution in [2.24, 2.45) is 5.73 Å². The first-order valence-corrected chi connectivity index (χ1v) is 8.50. The summed E-state index contributed by atoms with van der Waals surface area (Å²) in [5, 5.41) is 2.89. The molecule has 2 aromatic rings. The van der Waals surface area contributed by atoms with Crippen LogP contribution in [0.15, 0.2) is 41.8 Å². The second-order valence-corrected chi connectivity index (χ2v) is 6.81. The van der Waals surface area contributed by atoms with Crippen LogP contribution in [0.3, 0.4) is 0 Å². The lowest BCUT2D eigenvalue weighted by Crippen LogP contribution is -2.48. The van der Waals surface area contributed by atoms with Crippen LogP contribution in [0.2, 0.25) is 5.02 Å². The first-order chi connectivity index (χ1) is 10.2. The first-order valence-electron chi connectivity index (χ1n) is 7.24. The van der Waals surface area contributed by atoms with Crippen molar-refractivity contribution in [3.8, 4) is 0 Å². The average Bonchev–Trinajstić information content (AvgIpc) is 3.02. The number of nitrogens with two attached hydrogens (primary N) is 1. The fraction of sp³-hybridized carbons (Fsp3) is 0.375. The molecule has 1 aromatic heterocycles. The predicted octanol–water partition coefficient (Wildman–Crippen LogP) is 3.22. The Morgan fingerprint density at radius 2 is 1.95 bits per heavy atom. The molecule has 1 aliphatic rings. The highest BCUT2D eigenvalue weighted by Gasteiger charge is 2.20. The normalized spacial score (nSPS) is 17.9. The maximum Gasteiger partial charge on any atom is 0.0519 e. The van der Waals surface area contributed by atoms with Gasteiger partial charge in [-0.3, -0.25) is 4.90 Å². The van der Waals surface area contributed by atoms with E-state index in [9.17, 15) is 0 Å². The molecule has 21 heavy (non-hydrogen) atoms. The van der Waals surface area contributed by atoms with E-state index >= 15 is 0 Å². The monoisotopic (exact) mass is 321 g/mol. The quantitative estimate of drug-likeness (QED) is 0.938. The molecule has 1 aliphatic heterocycles. The van der Waals surface area contributed by atoms with Crippen molar-refractivity contribution in [1.82, 2.24) is 4.90 Å². The topological polar surface area (TPSA) is 32.5 Å². The Hall–Kier alpha value is -1.07. The van der Waals surface area contributed by atoms with Gasteiger partial charge < -0.3 is 10.6 Å². The highest BCUT2D eigenvalue weighted by molar-refractivity contribution is 7.10. The Kier molecular flexibility index (Phi) is 4.80. The molecule has 1 aromatic carbocycles. The molecule has 0 radical (unpaired) electrons. The van der Waals surface area contributed by atoms with Gasteiger partial charge in [0.1, 0.15) is 0 Å². The van der Waals surface area contributed by atoms with Gasteiger partial charge in [0.2, 0.25) is 0 Å². The zero-order chi connectivity index (χ0) is 14.7. The van der Waals surface area contributed by atoms with Gasteiger partial charge in [0.15, 0.2) is 0 Å². The van der Waals surface area contributed by atoms with Gasteiger partial charge in [-0.05, 0) is 29.6 Å². The van der Waals surface area contributed by atoms with Crippen LogP contribution in [0, 0.1) is 0 Å². The van der Waals surface area contributed by atoms with E-state index in [-0.39, 0.29) is 6.04 Å². The van der Waals surface area contributed by atoms with Gasteiger partial charge >= 0.3 is 0 Å². The molecule has 0 bridgehead atoms. The van der Waals surface area contributed by atoms with Crippen LogP contribution in [0.4, 0.5) is 5.69 Å². The minimum atomic E-state index is 0.128. The second-order valence-electron chi connectivity index (χ2n) is 5.39. The molecule has 5 heteroatoms. The van der Waals surface area contributed by atoms with Gasteiger partial charge in [-0.2, -0.15) is 0 Å². The summed E-state index contributed by atoms with van der Waals surface area (Å²) in [5.74, 6) is 0. The van der Waals surface area contributed by atoms with Crippen LogP contribution in [0.5, 0.6) is 0 Å². The molecule has 2 heterocycles. The molecule has 1 atom stereocenters. The van der Waals surface area contributed by atoms with Crippen molar-refractivity contribution in [1.29, 1.82) is 0 Å². The van der Waals surface area contributed by atoms with Crippen molar-refractivity contribution < 1.29 is 0 Å². The summed E-state index contributed by atoms with van der Waals surface area (Å²) >= 11 is 7.81. The Bertz CT molecular complexity index is 565. The standard InChI is InChI=1S/C16H20ClN3S/c17-13-3-1-4-14(11-13)20-8-6-19(7-9-20)12-15(18)16-5-2-10-21-16/h1-5,10-11,15H,6-9,12,18H2. The van der Waals surface area contributed by atoms with Gasteiger partial charge in [-0.1, -0.05) is 23.7 Å². The van der Waals surface area contributed by atoms with Crippen molar-refractivity contribution in [3.63, 3.8) is 0 Å². The van der Waals surface area contributed by atoms with Gasteiger partial charge in [0.05, 0.1) is 6.04 Å². The maximum absolute atomic E-state index is 6.27. The van der Waals surface area contributed by atoms with Crippen LogP contribution in [0.25, 0.3) is 0 Å². The third kappa shape index (κ3) is 3.77. The van der Waals surface area contributed by atoms with E-state index in [4.69, 9.17) is 17.3 Å². The summed E-state index contributed by atoms with van der Waals surface area (Å²) in [4.78, 5) is 6.11. The van der Waals surface area contributed by atoms with Crippen molar-refractivity contribution in [3.05, 3.63) is 51.7 Å². The number of halogens is 1. The summed E-state index contributed by atoms with van der Waals surface area (Å²) in [6.07, 6.45) is 0. The SMILES string of the molecule is NC(CN1CCN(c2cccc(Cl)c2)CC1)c1cccs1. The highest BCUT2D eigenvalue weighted by Crippen LogP contribution is 2.22. The molecule has 112 valence electrons. The maximum atomic E-state index is 6.27. The summed E-state index contributed by atoms with van der Waals surface area (Å²) in [6.45, 7) is 5.08. The molecule has 1 unspecified atom stereocenters. The average molecular weight is 322 g/mol. The molecular weight excluding hydrogens is 302 g/mol. The van der Waals surface area contributed by atoms with E-state index < -0.39 is 0 Å². The van der Waals surface area contributed by atoms with Crippen LogP contribution in [-0.2, 0) is 0 Å². The van der Waals surface area contributed by atoms with Gasteiger partial charge in [-0.25, -0.2) is 0 Å². The van der Waals surface area contributed by atoms with E-state index in [2.05, 4.69) is 33.4 Å². The predicted molar refractivity (Wildman–Crippen MR) is 91.4 cm³/mol. The van der Waals surface area contributed by atoms with E-state index in [0.29, 0.717) is 0 Å². The lowest BCUT2D eigenvalue weighted by molar-refractivity contribution is 0.244. The summed E-state index contributed by atoms with van der Waals surface area (Å²) in [5.41, 5.74) is 7.49. The third-order valence-electron chi connectivity index (χ3n) is 3.91. The largest absolute Gasteiger partial charge is 0.369 e. The highest BCUT2D eigenvalue weighted by atomic mass is 35.5. The van der Waals surface area contributed by atoms with Gasteiger partial charge in [0, 0.05) is 48.3 Å². The number of nitrogens with zero attached hydrogens (tertiary/aromatic N) is 2. The molecule has 3 rings (SSSR count). The van der Waals surface area contributed by atoms with Crippen molar-refractivity contribution in [2.75, 3.05) is 37.6 Å². The third-order valence-corrected chi connectivity index (χ3v) is 5.15. The number of hydrogen-bond donors (Lipinski definition) is 1. The smallest absolute Gasteiger partial charge is 0.0519 e. The number of rotatable bonds is 4. The zero-order valence-electron chi connectivity index (χ0n) is 11.9. The molecule has 1 fully saturated rings. The second kappa shape index (κ2) is 6.79. The number of thiophene rings is 1. The number of hydrogen-bond acceptors (Lipinski definition) is 4. The molecular formula is C16H20ClN3S. The lowest BCUT2D eigenvalue weighted by atomic mass is 10.2. The van der Waals surface area contributed by atoms with E-state index in [1.807, 2.05) is 18.2 Å². The number of piperazine rings is 1. The number of benzene rings is 1. The Morgan fingerprint density at radius 1 is 1.14 bits per heavy atom. The van der Waals surface area contributed by atoms with Gasteiger partial charge in [-0.15, -0.1) is 11.3 Å². The molecule has 1 saturated heterocycles. The summed E-state index contributed by atoms with van der Waals surface area (Å²) < 4.78 is 0. The van der Waals surface area contributed by atoms with Crippen molar-refractivity contribution in [2.45, 2.75) is 6.04 Å². The fourth-order valence-electron chi connectivity index (χ4n) is 2.73. The summed E-state index contributed by atoms with van der Waals surface area (Å²) in [6, 6.07) is 12.4. The van der Waals surface area contributed by atoms with Crippen molar-refractivity contribution >= 4 is 28.6 Å². The zero-order valence-corrected chi connectivity index (χ0v) is 13.5. The summed E-state index contributed by atoms with van der Waals surface area (Å²) in [7, 11) is 0. The van der Waals surface area contributed by atoms with E-state index in [1.165, 1.54) is 10.6 Å². The van der Waals surface area contributed by atoms with Crippen LogP contribution < -0.4 is 10.6 Å². The molecule has 0 aliphatic carbocycles. The molecule has 2 N–H and O–H groups in total. The first kappa shape index (κ1) is 14.9. The van der Waals surface area contributed by atoms with E-state index in [0.717, 1.165) is 37.7 Å². The molecule has 0 saturated carbocycles. The molecule has 0 amide bonds. The lowest BCUT2D eigenvalue weighted by Gasteiger charge is -2.37. The molecule has 3 nitrogen and oxygen atoms in total. The van der Waals surface area contributed by atoms with Crippen LogP contribution in [-0.4, -0.2) is 37.6 Å². The minimum absolute atomic E-state index is 0.128. The Balaban J connectivity index is 1.53. The van der Waals surface area contributed by atoms with E-state index in [1.54, 1.807) is 11.3 Å². The van der Waals surface area contributed by atoms with Crippen LogP contribution in [0.1, 0.15) is 10.9 Å². The molecule has 0 spiro atoms. The minimum Gasteiger partial charge on any atom is -0.369 e.